The zero-order valence-corrected chi connectivity index (χ0v) is 13.4. The molecule has 0 spiro atoms. The Morgan fingerprint density at radius 1 is 1.26 bits per heavy atom. The molecule has 1 aromatic carbocycles. The van der Waals surface area contributed by atoms with Gasteiger partial charge in [0.2, 0.25) is 0 Å². The van der Waals surface area contributed by atoms with Gasteiger partial charge in [-0.15, -0.1) is 0 Å². The maximum absolute atomic E-state index is 5.69. The van der Waals surface area contributed by atoms with Gasteiger partial charge in [0.05, 0.1) is 19.3 Å². The van der Waals surface area contributed by atoms with Crippen molar-refractivity contribution < 1.29 is 9.47 Å². The van der Waals surface area contributed by atoms with E-state index in [9.17, 15) is 0 Å². The van der Waals surface area contributed by atoms with Crippen LogP contribution in [0.1, 0.15) is 38.8 Å². The van der Waals surface area contributed by atoms with E-state index in [2.05, 4.69) is 52.4 Å². The maximum atomic E-state index is 5.69. The van der Waals surface area contributed by atoms with Crippen LogP contribution >= 0.6 is 15.9 Å². The number of ether oxygens (including phenoxy) is 2. The standard InChI is InChI=1S/C15H22BrNO2/c1-4-14(11-5-7-12(16)8-6-11)17-13-9-18-15(2,3)19-10-13/h5-8,13-14,17H,4,9-10H2,1-3H3. The van der Waals surface area contributed by atoms with E-state index in [1.807, 2.05) is 13.8 Å². The van der Waals surface area contributed by atoms with Gasteiger partial charge in [0.25, 0.3) is 0 Å². The summed E-state index contributed by atoms with van der Waals surface area (Å²) in [4.78, 5) is 0. The quantitative estimate of drug-likeness (QED) is 0.915. The van der Waals surface area contributed by atoms with Gasteiger partial charge in [0, 0.05) is 10.5 Å². The predicted octanol–water partition coefficient (Wildman–Crippen LogP) is 3.64. The third-order valence-electron chi connectivity index (χ3n) is 3.38. The van der Waals surface area contributed by atoms with Gasteiger partial charge in [-0.1, -0.05) is 35.0 Å². The van der Waals surface area contributed by atoms with E-state index in [0.29, 0.717) is 19.3 Å². The largest absolute Gasteiger partial charge is 0.349 e. The molecule has 2 rings (SSSR count). The lowest BCUT2D eigenvalue weighted by molar-refractivity contribution is -0.253. The molecule has 1 atom stereocenters. The molecule has 4 heteroatoms. The summed E-state index contributed by atoms with van der Waals surface area (Å²) >= 11 is 3.47. The Morgan fingerprint density at radius 2 is 1.84 bits per heavy atom. The van der Waals surface area contributed by atoms with Gasteiger partial charge < -0.3 is 14.8 Å². The number of rotatable bonds is 4. The molecule has 0 radical (unpaired) electrons. The molecule has 0 aliphatic carbocycles. The molecule has 106 valence electrons. The van der Waals surface area contributed by atoms with Crippen molar-refractivity contribution in [2.45, 2.75) is 45.1 Å². The number of hydrogen-bond donors (Lipinski definition) is 1. The molecular formula is C15H22BrNO2. The summed E-state index contributed by atoms with van der Waals surface area (Å²) in [5.74, 6) is -0.447. The third-order valence-corrected chi connectivity index (χ3v) is 3.91. The van der Waals surface area contributed by atoms with Gasteiger partial charge in [-0.3, -0.25) is 0 Å². The van der Waals surface area contributed by atoms with Crippen LogP contribution < -0.4 is 5.32 Å². The number of benzene rings is 1. The average molecular weight is 328 g/mol. The predicted molar refractivity (Wildman–Crippen MR) is 80.1 cm³/mol. The van der Waals surface area contributed by atoms with Gasteiger partial charge in [0.15, 0.2) is 5.79 Å². The van der Waals surface area contributed by atoms with Crippen molar-refractivity contribution in [3.8, 4) is 0 Å². The van der Waals surface area contributed by atoms with Crippen LogP contribution in [0.5, 0.6) is 0 Å². The topological polar surface area (TPSA) is 30.5 Å². The monoisotopic (exact) mass is 327 g/mol. The molecule has 1 aliphatic rings. The van der Waals surface area contributed by atoms with Gasteiger partial charge in [-0.2, -0.15) is 0 Å². The summed E-state index contributed by atoms with van der Waals surface area (Å²) in [7, 11) is 0. The molecule has 19 heavy (non-hydrogen) atoms. The van der Waals surface area contributed by atoms with E-state index in [-0.39, 0.29) is 6.04 Å². The van der Waals surface area contributed by atoms with Gasteiger partial charge in [0.1, 0.15) is 0 Å². The van der Waals surface area contributed by atoms with Crippen LogP contribution in [0.15, 0.2) is 28.7 Å². The lowest BCUT2D eigenvalue weighted by Crippen LogP contribution is -2.49. The maximum Gasteiger partial charge on any atom is 0.162 e. The highest BCUT2D eigenvalue weighted by Crippen LogP contribution is 2.22. The molecule has 1 heterocycles. The SMILES string of the molecule is CCC(NC1COC(C)(C)OC1)c1ccc(Br)cc1. The zero-order valence-electron chi connectivity index (χ0n) is 11.8. The highest BCUT2D eigenvalue weighted by atomic mass is 79.9. The van der Waals surface area contributed by atoms with Gasteiger partial charge in [-0.05, 0) is 38.0 Å². The van der Waals surface area contributed by atoms with Crippen LogP contribution in [0.25, 0.3) is 0 Å². The molecular weight excluding hydrogens is 306 g/mol. The Hall–Kier alpha value is -0.420. The van der Waals surface area contributed by atoms with E-state index in [0.717, 1.165) is 10.9 Å². The molecule has 0 amide bonds. The van der Waals surface area contributed by atoms with Crippen LogP contribution in [0, 0.1) is 0 Å². The molecule has 3 nitrogen and oxygen atoms in total. The van der Waals surface area contributed by atoms with Crippen LogP contribution in [-0.4, -0.2) is 25.0 Å². The Labute approximate surface area is 123 Å². The molecule has 1 saturated heterocycles. The van der Waals surface area contributed by atoms with Crippen molar-refractivity contribution in [3.63, 3.8) is 0 Å². The summed E-state index contributed by atoms with van der Waals surface area (Å²) in [5.41, 5.74) is 1.30. The summed E-state index contributed by atoms with van der Waals surface area (Å²) in [6.07, 6.45) is 1.04. The number of nitrogens with one attached hydrogen (secondary N) is 1. The fraction of sp³-hybridized carbons (Fsp3) is 0.600. The summed E-state index contributed by atoms with van der Waals surface area (Å²) in [6.45, 7) is 7.48. The van der Waals surface area contributed by atoms with E-state index in [1.54, 1.807) is 0 Å². The fourth-order valence-corrected chi connectivity index (χ4v) is 2.48. The first kappa shape index (κ1) is 15.0. The zero-order chi connectivity index (χ0) is 13.9. The van der Waals surface area contributed by atoms with Gasteiger partial charge >= 0.3 is 0 Å². The molecule has 1 N–H and O–H groups in total. The molecule has 0 saturated carbocycles. The summed E-state index contributed by atoms with van der Waals surface area (Å²) in [5, 5.41) is 3.61. The Morgan fingerprint density at radius 3 is 2.37 bits per heavy atom. The second-order valence-electron chi connectivity index (χ2n) is 5.40. The van der Waals surface area contributed by atoms with Crippen molar-refractivity contribution in [2.75, 3.05) is 13.2 Å². The van der Waals surface area contributed by atoms with E-state index >= 15 is 0 Å². The van der Waals surface area contributed by atoms with Crippen LogP contribution in [-0.2, 0) is 9.47 Å². The minimum Gasteiger partial charge on any atom is -0.349 e. The number of halogens is 1. The second kappa shape index (κ2) is 6.35. The normalized spacial score (nSPS) is 21.3. The summed E-state index contributed by atoms with van der Waals surface area (Å²) in [6, 6.07) is 9.06. The minimum atomic E-state index is -0.447. The molecule has 1 aromatic rings. The van der Waals surface area contributed by atoms with Crippen molar-refractivity contribution in [1.29, 1.82) is 0 Å². The Bertz CT molecular complexity index is 395. The molecule has 1 unspecified atom stereocenters. The van der Waals surface area contributed by atoms with Gasteiger partial charge in [-0.25, -0.2) is 0 Å². The first-order valence-electron chi connectivity index (χ1n) is 6.79. The highest BCUT2D eigenvalue weighted by Gasteiger charge is 2.29. The van der Waals surface area contributed by atoms with Crippen LogP contribution in [0.2, 0.25) is 0 Å². The minimum absolute atomic E-state index is 0.252. The summed E-state index contributed by atoms with van der Waals surface area (Å²) < 4.78 is 12.5. The second-order valence-corrected chi connectivity index (χ2v) is 6.31. The van der Waals surface area contributed by atoms with E-state index < -0.39 is 5.79 Å². The Balaban J connectivity index is 1.94. The molecule has 1 aliphatic heterocycles. The van der Waals surface area contributed by atoms with Crippen molar-refractivity contribution in [1.82, 2.24) is 5.32 Å². The fourth-order valence-electron chi connectivity index (χ4n) is 2.22. The van der Waals surface area contributed by atoms with E-state index in [1.165, 1.54) is 5.56 Å². The smallest absolute Gasteiger partial charge is 0.162 e. The lowest BCUT2D eigenvalue weighted by atomic mass is 10.0. The molecule has 0 bridgehead atoms. The van der Waals surface area contributed by atoms with Crippen LogP contribution in [0.4, 0.5) is 0 Å². The third kappa shape index (κ3) is 4.28. The van der Waals surface area contributed by atoms with Crippen LogP contribution in [0.3, 0.4) is 0 Å². The van der Waals surface area contributed by atoms with E-state index in [4.69, 9.17) is 9.47 Å². The first-order chi connectivity index (χ1) is 9.00. The average Bonchev–Trinajstić information content (AvgIpc) is 2.39. The highest BCUT2D eigenvalue weighted by molar-refractivity contribution is 9.10. The number of hydrogen-bond acceptors (Lipinski definition) is 3. The van der Waals surface area contributed by atoms with Crippen molar-refractivity contribution >= 4 is 15.9 Å². The Kier molecular flexibility index (Phi) is 5.01. The van der Waals surface area contributed by atoms with Crippen molar-refractivity contribution in [2.24, 2.45) is 0 Å². The first-order valence-corrected chi connectivity index (χ1v) is 7.59. The lowest BCUT2D eigenvalue weighted by Gasteiger charge is -2.36. The molecule has 1 fully saturated rings. The molecule has 0 aromatic heterocycles. The van der Waals surface area contributed by atoms with Crippen molar-refractivity contribution in [3.05, 3.63) is 34.3 Å².